The summed E-state index contributed by atoms with van der Waals surface area (Å²) in [4.78, 5) is 17.0. The largest absolute Gasteiger partial charge is 0.342 e. The van der Waals surface area contributed by atoms with E-state index in [9.17, 15) is 4.79 Å². The van der Waals surface area contributed by atoms with Crippen molar-refractivity contribution in [2.75, 3.05) is 0 Å². The number of nitrogens with zero attached hydrogens (tertiary/aromatic N) is 4. The lowest BCUT2D eigenvalue weighted by atomic mass is 10.0. The third-order valence-corrected chi connectivity index (χ3v) is 4.22. The number of pyridine rings is 1. The molecule has 2 aromatic heterocycles. The molecule has 0 saturated carbocycles. The van der Waals surface area contributed by atoms with Gasteiger partial charge in [-0.2, -0.15) is 0 Å². The predicted octanol–water partition coefficient (Wildman–Crippen LogP) is 2.78. The molecule has 3 aromatic rings. The lowest BCUT2D eigenvalue weighted by Gasteiger charge is -2.16. The third-order valence-electron chi connectivity index (χ3n) is 4.22. The minimum absolute atomic E-state index is 0.0800. The molecule has 1 N–H and O–H groups in total. The molecule has 0 spiro atoms. The van der Waals surface area contributed by atoms with Crippen LogP contribution in [0.15, 0.2) is 54.9 Å². The van der Waals surface area contributed by atoms with Gasteiger partial charge in [-0.3, -0.25) is 14.5 Å². The summed E-state index contributed by atoms with van der Waals surface area (Å²) in [6, 6.07) is 13.3. The van der Waals surface area contributed by atoms with E-state index in [1.807, 2.05) is 30.3 Å². The van der Waals surface area contributed by atoms with Gasteiger partial charge in [-0.1, -0.05) is 49.4 Å². The summed E-state index contributed by atoms with van der Waals surface area (Å²) in [7, 11) is 1.80. The van der Waals surface area contributed by atoms with Gasteiger partial charge in [0.05, 0.1) is 18.3 Å². The third kappa shape index (κ3) is 4.33. The molecule has 134 valence electrons. The number of hydrogen-bond donors (Lipinski definition) is 1. The average molecular weight is 349 g/mol. The van der Waals surface area contributed by atoms with E-state index in [1.165, 1.54) is 5.56 Å². The predicted molar refractivity (Wildman–Crippen MR) is 99.5 cm³/mol. The minimum atomic E-state index is -0.424. The maximum absolute atomic E-state index is 12.6. The van der Waals surface area contributed by atoms with Crippen LogP contribution in [0.1, 0.15) is 48.3 Å². The summed E-state index contributed by atoms with van der Waals surface area (Å²) in [5.74, 6) is 0.395. The zero-order chi connectivity index (χ0) is 18.5. The first kappa shape index (κ1) is 17.8. The van der Waals surface area contributed by atoms with Crippen LogP contribution >= 0.6 is 0 Å². The Labute approximate surface area is 153 Å². The molecule has 0 saturated heterocycles. The number of benzene rings is 1. The zero-order valence-electron chi connectivity index (χ0n) is 15.3. The van der Waals surface area contributed by atoms with Crippen molar-refractivity contribution in [1.29, 1.82) is 0 Å². The Bertz CT molecular complexity index is 855. The SMILES string of the molecule is CC(C)c1ccc(CC(=O)N[C@@H](c2ccccn2)c2cn(C)nn2)cc1. The lowest BCUT2D eigenvalue weighted by molar-refractivity contribution is -0.121. The first-order valence-corrected chi connectivity index (χ1v) is 8.68. The van der Waals surface area contributed by atoms with Gasteiger partial charge in [0.2, 0.25) is 5.91 Å². The van der Waals surface area contributed by atoms with Crippen molar-refractivity contribution < 1.29 is 4.79 Å². The van der Waals surface area contributed by atoms with E-state index >= 15 is 0 Å². The summed E-state index contributed by atoms with van der Waals surface area (Å²) in [5, 5.41) is 11.1. The standard InChI is InChI=1S/C20H23N5O/c1-14(2)16-9-7-15(8-10-16)12-19(26)22-20(17-6-4-5-11-21-17)18-13-25(3)24-23-18/h4-11,13-14,20H,12H2,1-3H3,(H,22,26)/t20-/m0/s1. The molecule has 6 nitrogen and oxygen atoms in total. The number of carbonyl (C=O) groups excluding carboxylic acids is 1. The van der Waals surface area contributed by atoms with Crippen molar-refractivity contribution in [2.45, 2.75) is 32.2 Å². The highest BCUT2D eigenvalue weighted by atomic mass is 16.1. The maximum atomic E-state index is 12.6. The smallest absolute Gasteiger partial charge is 0.225 e. The van der Waals surface area contributed by atoms with E-state index < -0.39 is 6.04 Å². The number of aryl methyl sites for hydroxylation is 1. The molecule has 0 aliphatic rings. The summed E-state index contributed by atoms with van der Waals surface area (Å²) in [6.45, 7) is 4.31. The second kappa shape index (κ2) is 7.91. The zero-order valence-corrected chi connectivity index (χ0v) is 15.3. The number of nitrogens with one attached hydrogen (secondary N) is 1. The molecule has 6 heteroatoms. The van der Waals surface area contributed by atoms with Crippen molar-refractivity contribution in [3.8, 4) is 0 Å². The molecule has 2 heterocycles. The Kier molecular flexibility index (Phi) is 5.41. The first-order chi connectivity index (χ1) is 12.5. The Balaban J connectivity index is 1.75. The van der Waals surface area contributed by atoms with Gasteiger partial charge in [0, 0.05) is 13.2 Å². The molecule has 0 bridgehead atoms. The molecule has 3 rings (SSSR count). The first-order valence-electron chi connectivity index (χ1n) is 8.68. The molecular weight excluding hydrogens is 326 g/mol. The summed E-state index contributed by atoms with van der Waals surface area (Å²) >= 11 is 0. The number of rotatable bonds is 6. The van der Waals surface area contributed by atoms with Crippen LogP contribution in [0.5, 0.6) is 0 Å². The minimum Gasteiger partial charge on any atom is -0.342 e. The second-order valence-corrected chi connectivity index (χ2v) is 6.65. The van der Waals surface area contributed by atoms with Crippen LogP contribution in [-0.4, -0.2) is 25.9 Å². The monoisotopic (exact) mass is 349 g/mol. The van der Waals surface area contributed by atoms with E-state index in [4.69, 9.17) is 0 Å². The van der Waals surface area contributed by atoms with E-state index in [0.717, 1.165) is 11.3 Å². The van der Waals surface area contributed by atoms with Crippen LogP contribution in [0.3, 0.4) is 0 Å². The molecular formula is C20H23N5O. The molecule has 1 amide bonds. The van der Waals surface area contributed by atoms with Crippen LogP contribution in [0.2, 0.25) is 0 Å². The Morgan fingerprint density at radius 1 is 1.12 bits per heavy atom. The van der Waals surface area contributed by atoms with E-state index in [1.54, 1.807) is 24.1 Å². The van der Waals surface area contributed by atoms with Gasteiger partial charge < -0.3 is 5.32 Å². The Morgan fingerprint density at radius 3 is 2.46 bits per heavy atom. The van der Waals surface area contributed by atoms with Crippen LogP contribution in [0.25, 0.3) is 0 Å². The van der Waals surface area contributed by atoms with Gasteiger partial charge in [0.25, 0.3) is 0 Å². The van der Waals surface area contributed by atoms with E-state index in [0.29, 0.717) is 18.0 Å². The highest BCUT2D eigenvalue weighted by Crippen LogP contribution is 2.19. The number of carbonyl (C=O) groups is 1. The highest BCUT2D eigenvalue weighted by molar-refractivity contribution is 5.79. The molecule has 0 fully saturated rings. The molecule has 1 atom stereocenters. The van der Waals surface area contributed by atoms with Crippen molar-refractivity contribution in [3.63, 3.8) is 0 Å². The van der Waals surface area contributed by atoms with E-state index in [2.05, 4.69) is 46.6 Å². The fourth-order valence-corrected chi connectivity index (χ4v) is 2.76. The Morgan fingerprint density at radius 2 is 1.88 bits per heavy atom. The molecule has 0 aliphatic carbocycles. The molecule has 0 unspecified atom stereocenters. The number of amides is 1. The molecule has 26 heavy (non-hydrogen) atoms. The quantitative estimate of drug-likeness (QED) is 0.743. The molecule has 0 radical (unpaired) electrons. The maximum Gasteiger partial charge on any atom is 0.225 e. The van der Waals surface area contributed by atoms with Gasteiger partial charge in [-0.15, -0.1) is 5.10 Å². The second-order valence-electron chi connectivity index (χ2n) is 6.65. The van der Waals surface area contributed by atoms with Gasteiger partial charge in [0.1, 0.15) is 11.7 Å². The van der Waals surface area contributed by atoms with Crippen molar-refractivity contribution in [3.05, 3.63) is 77.4 Å². The Hall–Kier alpha value is -3.02. The van der Waals surface area contributed by atoms with Gasteiger partial charge in [0.15, 0.2) is 0 Å². The number of hydrogen-bond acceptors (Lipinski definition) is 4. The van der Waals surface area contributed by atoms with Crippen molar-refractivity contribution in [1.82, 2.24) is 25.3 Å². The topological polar surface area (TPSA) is 72.7 Å². The fraction of sp³-hybridized carbons (Fsp3) is 0.300. The van der Waals surface area contributed by atoms with Gasteiger partial charge in [-0.25, -0.2) is 0 Å². The normalized spacial score (nSPS) is 12.2. The van der Waals surface area contributed by atoms with Crippen LogP contribution < -0.4 is 5.32 Å². The van der Waals surface area contributed by atoms with Gasteiger partial charge in [-0.05, 0) is 29.2 Å². The average Bonchev–Trinajstić information content (AvgIpc) is 3.07. The van der Waals surface area contributed by atoms with Crippen molar-refractivity contribution in [2.24, 2.45) is 7.05 Å². The van der Waals surface area contributed by atoms with Crippen LogP contribution in [0, 0.1) is 0 Å². The van der Waals surface area contributed by atoms with Gasteiger partial charge >= 0.3 is 0 Å². The van der Waals surface area contributed by atoms with Crippen LogP contribution in [-0.2, 0) is 18.3 Å². The van der Waals surface area contributed by atoms with Crippen LogP contribution in [0.4, 0.5) is 0 Å². The fourth-order valence-electron chi connectivity index (χ4n) is 2.76. The van der Waals surface area contributed by atoms with E-state index in [-0.39, 0.29) is 5.91 Å². The summed E-state index contributed by atoms with van der Waals surface area (Å²) < 4.78 is 1.61. The highest BCUT2D eigenvalue weighted by Gasteiger charge is 2.21. The summed E-state index contributed by atoms with van der Waals surface area (Å²) in [6.07, 6.45) is 3.80. The summed E-state index contributed by atoms with van der Waals surface area (Å²) in [5.41, 5.74) is 3.64. The molecule has 0 aliphatic heterocycles. The van der Waals surface area contributed by atoms with Crippen molar-refractivity contribution >= 4 is 5.91 Å². The molecule has 1 aromatic carbocycles. The lowest BCUT2D eigenvalue weighted by Crippen LogP contribution is -2.31. The number of aromatic nitrogens is 4.